The number of likely N-dealkylation sites (tertiary alicyclic amines) is 1. The van der Waals surface area contributed by atoms with Crippen LogP contribution in [-0.4, -0.2) is 52.0 Å². The monoisotopic (exact) mass is 586 g/mol. The Balaban J connectivity index is 1.22. The predicted octanol–water partition coefficient (Wildman–Crippen LogP) is 5.62. The van der Waals surface area contributed by atoms with E-state index in [1.54, 1.807) is 17.0 Å². The van der Waals surface area contributed by atoms with Gasteiger partial charge in [-0.1, -0.05) is 58.4 Å². The second-order valence-electron chi connectivity index (χ2n) is 15.3. The van der Waals surface area contributed by atoms with E-state index in [4.69, 9.17) is 11.6 Å². The number of aliphatic hydroxyl groups is 1. The van der Waals surface area contributed by atoms with Crippen molar-refractivity contribution < 1.29 is 24.6 Å². The fourth-order valence-corrected chi connectivity index (χ4v) is 9.57. The lowest BCUT2D eigenvalue weighted by Crippen LogP contribution is -2.60. The maximum atomic E-state index is 13.8. The van der Waals surface area contributed by atoms with Gasteiger partial charge in [0.15, 0.2) is 0 Å². The first-order valence-electron chi connectivity index (χ1n) is 15.3. The van der Waals surface area contributed by atoms with Gasteiger partial charge in [0.25, 0.3) is 0 Å². The van der Waals surface area contributed by atoms with Crippen LogP contribution in [0.4, 0.5) is 0 Å². The minimum Gasteiger partial charge on any atom is -0.481 e. The SMILES string of the molecule is CC(C)[C@@H](NC(=O)CC1(C)CC2CC3C(C1)CC3(CC(=O)O)C2)C(=O)N1CC[C@](O)(c2ccc(Cl)cc2)C(C)(C)C1. The average Bonchev–Trinajstić information content (AvgIpc) is 3.05. The van der Waals surface area contributed by atoms with Crippen LogP contribution in [0.5, 0.6) is 0 Å². The normalized spacial score (nSPS) is 36.3. The Labute approximate surface area is 249 Å². The van der Waals surface area contributed by atoms with Crippen molar-refractivity contribution >= 4 is 29.4 Å². The fraction of sp³-hybridized carbons (Fsp3) is 0.727. The average molecular weight is 587 g/mol. The number of piperidine rings is 1. The molecule has 0 spiro atoms. The molecule has 0 aromatic heterocycles. The van der Waals surface area contributed by atoms with Crippen LogP contribution in [0.2, 0.25) is 5.02 Å². The van der Waals surface area contributed by atoms with Crippen molar-refractivity contribution in [1.82, 2.24) is 10.2 Å². The van der Waals surface area contributed by atoms with Gasteiger partial charge in [-0.15, -0.1) is 0 Å². The summed E-state index contributed by atoms with van der Waals surface area (Å²) < 4.78 is 0. The molecule has 3 aliphatic carbocycles. The molecule has 7 nitrogen and oxygen atoms in total. The molecule has 3 N–H and O–H groups in total. The lowest BCUT2D eigenvalue weighted by molar-refractivity contribution is -0.157. The van der Waals surface area contributed by atoms with Gasteiger partial charge in [-0.3, -0.25) is 14.4 Å². The Kier molecular flexibility index (Phi) is 7.81. The van der Waals surface area contributed by atoms with Gasteiger partial charge in [0, 0.05) is 29.9 Å². The Morgan fingerprint density at radius 2 is 1.73 bits per heavy atom. The number of hydrogen-bond acceptors (Lipinski definition) is 4. The Bertz CT molecular complexity index is 1190. The number of carboxylic acids is 1. The number of carboxylic acid groups (broad SMARTS) is 1. The first kappa shape index (κ1) is 30.3. The van der Waals surface area contributed by atoms with Crippen LogP contribution in [0.25, 0.3) is 0 Å². The lowest BCUT2D eigenvalue weighted by Gasteiger charge is -2.54. The summed E-state index contributed by atoms with van der Waals surface area (Å²) in [5.74, 6) is 0.511. The molecule has 8 heteroatoms. The number of nitrogens with zero attached hydrogens (tertiary/aromatic N) is 1. The van der Waals surface area contributed by atoms with E-state index in [9.17, 15) is 24.6 Å². The third kappa shape index (κ3) is 5.53. The van der Waals surface area contributed by atoms with Gasteiger partial charge in [-0.05, 0) is 90.7 Å². The number of nitrogens with one attached hydrogen (secondary N) is 1. The zero-order chi connectivity index (χ0) is 30.0. The van der Waals surface area contributed by atoms with Gasteiger partial charge in [0.2, 0.25) is 11.8 Å². The molecular weight excluding hydrogens is 540 g/mol. The van der Waals surface area contributed by atoms with Crippen LogP contribution in [-0.2, 0) is 20.0 Å². The number of rotatable bonds is 8. The highest BCUT2D eigenvalue weighted by atomic mass is 35.5. The molecule has 1 saturated heterocycles. The van der Waals surface area contributed by atoms with E-state index in [2.05, 4.69) is 12.2 Å². The van der Waals surface area contributed by atoms with Gasteiger partial charge in [-0.25, -0.2) is 0 Å². The predicted molar refractivity (Wildman–Crippen MR) is 158 cm³/mol. The summed E-state index contributed by atoms with van der Waals surface area (Å²) in [6, 6.07) is 6.65. The number of amides is 2. The molecular formula is C33H47ClN2O5. The molecule has 1 aliphatic heterocycles. The van der Waals surface area contributed by atoms with Crippen molar-refractivity contribution in [3.05, 3.63) is 34.9 Å². The standard InChI is InChI=1S/C33H47ClN2O5/c1-20(2)28(29(40)36-11-10-33(41,30(3,4)19-36)23-6-8-24(34)9-7-23)35-26(37)17-31(5)13-21-12-25-22(15-31)16-32(25,14-21)18-27(38)39/h6-9,20-22,25,28,41H,10-19H2,1-5H3,(H,35,37)(H,38,39)/t21?,22?,25?,28-,31?,32?,33+/m1/s1. The molecule has 2 bridgehead atoms. The van der Waals surface area contributed by atoms with Crippen molar-refractivity contribution in [2.75, 3.05) is 13.1 Å². The first-order chi connectivity index (χ1) is 19.1. The molecule has 5 rings (SSSR count). The highest BCUT2D eigenvalue weighted by Gasteiger charge is 2.62. The van der Waals surface area contributed by atoms with Crippen molar-refractivity contribution in [3.8, 4) is 0 Å². The van der Waals surface area contributed by atoms with E-state index in [0.29, 0.717) is 48.7 Å². The molecule has 1 aromatic rings. The Hall–Kier alpha value is -2.12. The maximum absolute atomic E-state index is 13.8. The fourth-order valence-electron chi connectivity index (χ4n) is 9.45. The van der Waals surface area contributed by atoms with E-state index in [0.717, 1.165) is 37.7 Å². The number of hydrogen-bond donors (Lipinski definition) is 3. The largest absolute Gasteiger partial charge is 0.481 e. The van der Waals surface area contributed by atoms with E-state index in [1.165, 1.54) is 0 Å². The number of aliphatic carboxylic acids is 1. The molecule has 1 heterocycles. The van der Waals surface area contributed by atoms with E-state index >= 15 is 0 Å². The zero-order valence-corrected chi connectivity index (χ0v) is 26.0. The van der Waals surface area contributed by atoms with E-state index in [-0.39, 0.29) is 35.0 Å². The molecule has 0 radical (unpaired) electrons. The summed E-state index contributed by atoms with van der Waals surface area (Å²) in [6.45, 7) is 10.9. The minimum absolute atomic E-state index is 0.0121. The van der Waals surface area contributed by atoms with Crippen LogP contribution >= 0.6 is 11.6 Å². The second-order valence-corrected chi connectivity index (χ2v) is 15.7. The lowest BCUT2D eigenvalue weighted by atomic mass is 9.50. The number of carbonyl (C=O) groups is 3. The smallest absolute Gasteiger partial charge is 0.303 e. The van der Waals surface area contributed by atoms with Crippen molar-refractivity contribution in [1.29, 1.82) is 0 Å². The summed E-state index contributed by atoms with van der Waals surface area (Å²) in [4.78, 5) is 40.6. The van der Waals surface area contributed by atoms with Gasteiger partial charge < -0.3 is 20.4 Å². The molecule has 1 aromatic carbocycles. The summed E-state index contributed by atoms with van der Waals surface area (Å²) in [7, 11) is 0. The summed E-state index contributed by atoms with van der Waals surface area (Å²) >= 11 is 6.07. The summed E-state index contributed by atoms with van der Waals surface area (Å²) in [5, 5.41) is 24.9. The number of halogens is 1. The maximum Gasteiger partial charge on any atom is 0.303 e. The minimum atomic E-state index is -1.10. The topological polar surface area (TPSA) is 107 Å². The highest BCUT2D eigenvalue weighted by Crippen LogP contribution is 2.70. The van der Waals surface area contributed by atoms with Crippen LogP contribution in [0.15, 0.2) is 24.3 Å². The van der Waals surface area contributed by atoms with Crippen LogP contribution in [0.3, 0.4) is 0 Å². The number of benzene rings is 1. The summed E-state index contributed by atoms with van der Waals surface area (Å²) in [5.41, 5.74) is -1.06. The number of fused-ring (bicyclic) bond motifs is 1. The number of carbonyl (C=O) groups excluding carboxylic acids is 2. The summed E-state index contributed by atoms with van der Waals surface area (Å²) in [6.07, 6.45) is 6.00. The molecule has 5 unspecified atom stereocenters. The Morgan fingerprint density at radius 3 is 2.34 bits per heavy atom. The molecule has 226 valence electrons. The van der Waals surface area contributed by atoms with E-state index < -0.39 is 23.0 Å². The van der Waals surface area contributed by atoms with Gasteiger partial charge in [-0.2, -0.15) is 0 Å². The third-order valence-corrected chi connectivity index (χ3v) is 11.5. The third-order valence-electron chi connectivity index (χ3n) is 11.3. The molecule has 4 fully saturated rings. The van der Waals surface area contributed by atoms with Gasteiger partial charge in [0.1, 0.15) is 6.04 Å². The van der Waals surface area contributed by atoms with Gasteiger partial charge in [0.05, 0.1) is 12.0 Å². The van der Waals surface area contributed by atoms with Crippen molar-refractivity contribution in [2.45, 2.75) is 97.6 Å². The first-order valence-corrected chi connectivity index (χ1v) is 15.7. The van der Waals surface area contributed by atoms with Crippen LogP contribution in [0, 0.1) is 39.9 Å². The second kappa shape index (κ2) is 10.6. The molecule has 3 saturated carbocycles. The highest BCUT2D eigenvalue weighted by molar-refractivity contribution is 6.30. The van der Waals surface area contributed by atoms with Crippen LogP contribution < -0.4 is 5.32 Å². The molecule has 4 aliphatic rings. The van der Waals surface area contributed by atoms with Crippen molar-refractivity contribution in [2.24, 2.45) is 39.9 Å². The van der Waals surface area contributed by atoms with Gasteiger partial charge >= 0.3 is 5.97 Å². The molecule has 41 heavy (non-hydrogen) atoms. The zero-order valence-electron chi connectivity index (χ0n) is 25.2. The molecule has 2 amide bonds. The molecule has 7 atom stereocenters. The van der Waals surface area contributed by atoms with Crippen molar-refractivity contribution in [3.63, 3.8) is 0 Å². The quantitative estimate of drug-likeness (QED) is 0.366. The Morgan fingerprint density at radius 1 is 1.05 bits per heavy atom. The van der Waals surface area contributed by atoms with E-state index in [1.807, 2.05) is 39.8 Å². The van der Waals surface area contributed by atoms with Crippen LogP contribution in [0.1, 0.15) is 91.5 Å².